The van der Waals surface area contributed by atoms with Crippen molar-refractivity contribution < 1.29 is 33.5 Å². The molecule has 7 heteroatoms. The van der Waals surface area contributed by atoms with E-state index in [1.807, 2.05) is 6.92 Å². The van der Waals surface area contributed by atoms with Crippen molar-refractivity contribution in [3.63, 3.8) is 0 Å². The van der Waals surface area contributed by atoms with Crippen LogP contribution in [0, 0.1) is 55.2 Å². The van der Waals surface area contributed by atoms with E-state index in [0.29, 0.717) is 63.1 Å². The molecule has 0 amide bonds. The van der Waals surface area contributed by atoms with Crippen LogP contribution in [0.3, 0.4) is 0 Å². The number of aliphatic hydroxyl groups is 1. The van der Waals surface area contributed by atoms with Gasteiger partial charge in [0.2, 0.25) is 0 Å². The summed E-state index contributed by atoms with van der Waals surface area (Å²) >= 11 is 0. The highest BCUT2D eigenvalue weighted by Gasteiger charge is 2.23. The molecule has 1 aliphatic heterocycles. The van der Waals surface area contributed by atoms with E-state index in [0.717, 1.165) is 90.2 Å². The Morgan fingerprint density at radius 1 is 0.380 bits per heavy atom. The summed E-state index contributed by atoms with van der Waals surface area (Å²) in [7, 11) is 5.17. The number of rotatable bonds is 18. The van der Waals surface area contributed by atoms with Gasteiger partial charge in [-0.15, -0.1) is 0 Å². The molecule has 0 aromatic heterocycles. The highest BCUT2D eigenvalue weighted by Crippen LogP contribution is 2.37. The lowest BCUT2D eigenvalue weighted by Gasteiger charge is -2.28. The van der Waals surface area contributed by atoms with Crippen LogP contribution >= 0.6 is 0 Å². The Balaban J connectivity index is -0.000000171. The van der Waals surface area contributed by atoms with Crippen molar-refractivity contribution in [2.45, 2.75) is 276 Å². The van der Waals surface area contributed by atoms with Crippen molar-refractivity contribution in [3.05, 3.63) is 0 Å². The Hall–Kier alpha value is -0.280. The maximum atomic E-state index is 8.40. The van der Waals surface area contributed by atoms with Crippen LogP contribution in [-0.2, 0) is 28.4 Å². The zero-order valence-corrected chi connectivity index (χ0v) is 54.7. The van der Waals surface area contributed by atoms with Crippen molar-refractivity contribution in [2.24, 2.45) is 55.2 Å². The zero-order valence-electron chi connectivity index (χ0n) is 54.7. The van der Waals surface area contributed by atoms with Crippen molar-refractivity contribution >= 4 is 0 Å². The largest absolute Gasteiger partial charge is 0.396 e. The Kier molecular flexibility index (Phi) is 53.0. The lowest BCUT2D eigenvalue weighted by molar-refractivity contribution is 0.0532. The number of hydrogen-bond donors (Lipinski definition) is 1. The van der Waals surface area contributed by atoms with E-state index in [2.05, 4.69) is 173 Å². The minimum atomic E-state index is 0.300. The van der Waals surface area contributed by atoms with Gasteiger partial charge >= 0.3 is 0 Å². The Morgan fingerprint density at radius 2 is 0.732 bits per heavy atom. The van der Waals surface area contributed by atoms with Crippen LogP contribution in [0.1, 0.15) is 276 Å². The number of methoxy groups -OCH3 is 3. The highest BCUT2D eigenvalue weighted by atomic mass is 16.5. The fourth-order valence-corrected chi connectivity index (χ4v) is 5.86. The summed E-state index contributed by atoms with van der Waals surface area (Å²) in [4.78, 5) is 0. The van der Waals surface area contributed by atoms with Crippen LogP contribution in [0.2, 0.25) is 0 Å². The number of aliphatic hydroxyl groups excluding tert-OH is 1. The van der Waals surface area contributed by atoms with Gasteiger partial charge in [-0.05, 0) is 133 Å². The molecule has 1 saturated heterocycles. The van der Waals surface area contributed by atoms with Crippen LogP contribution in [0.15, 0.2) is 0 Å². The highest BCUT2D eigenvalue weighted by molar-refractivity contribution is 4.76. The molecule has 71 heavy (non-hydrogen) atoms. The average Bonchev–Trinajstić information content (AvgIpc) is 4.02. The second kappa shape index (κ2) is 45.9. The molecule has 1 saturated carbocycles. The summed E-state index contributed by atoms with van der Waals surface area (Å²) in [6.45, 7) is 66.1. The quantitative estimate of drug-likeness (QED) is 0.137. The lowest BCUT2D eigenvalue weighted by atomic mass is 9.81. The fourth-order valence-electron chi connectivity index (χ4n) is 5.86. The molecular formula is C64H140O7. The molecule has 0 atom stereocenters. The summed E-state index contributed by atoms with van der Waals surface area (Å²) in [5, 5.41) is 8.40. The SMILES string of the molecule is CC(C)(C)CC1CCOCC1.CC(C)(C)CCC1CC1.CC(C)(C)CCO.CCCCC(C)(C)C.CCOCCC(C)(C)C.COCCC(C)(C)C.COCCC(C)(C)C.COCCOCCC(C)(C)C. The van der Waals surface area contributed by atoms with Crippen molar-refractivity contribution in [2.75, 3.05) is 87.4 Å². The number of ether oxygens (including phenoxy) is 6. The second-order valence-corrected chi connectivity index (χ2v) is 30.1. The average molecular weight is 1020 g/mol. The minimum Gasteiger partial charge on any atom is -0.396 e. The molecule has 1 heterocycles. The first-order valence-electron chi connectivity index (χ1n) is 28.8. The third-order valence-electron chi connectivity index (χ3n) is 11.1. The van der Waals surface area contributed by atoms with Crippen LogP contribution in [0.4, 0.5) is 0 Å². The van der Waals surface area contributed by atoms with Gasteiger partial charge in [0.15, 0.2) is 0 Å². The summed E-state index contributed by atoms with van der Waals surface area (Å²) < 4.78 is 30.5. The van der Waals surface area contributed by atoms with E-state index in [1.165, 1.54) is 64.2 Å². The summed E-state index contributed by atoms with van der Waals surface area (Å²) in [5.41, 5.74) is 3.59. The predicted octanol–water partition coefficient (Wildman–Crippen LogP) is 19.4. The van der Waals surface area contributed by atoms with Gasteiger partial charge in [0.25, 0.3) is 0 Å². The molecule has 2 aliphatic rings. The maximum Gasteiger partial charge on any atom is 0.0700 e. The first kappa shape index (κ1) is 82.1. The van der Waals surface area contributed by atoms with E-state index in [9.17, 15) is 0 Å². The van der Waals surface area contributed by atoms with E-state index in [4.69, 9.17) is 33.5 Å². The van der Waals surface area contributed by atoms with Crippen molar-refractivity contribution in [1.29, 1.82) is 0 Å². The molecule has 2 fully saturated rings. The number of unbranched alkanes of at least 4 members (excludes halogenated alkanes) is 1. The van der Waals surface area contributed by atoms with Crippen LogP contribution in [0.25, 0.3) is 0 Å². The van der Waals surface area contributed by atoms with Gasteiger partial charge in [0.05, 0.1) is 13.2 Å². The Morgan fingerprint density at radius 3 is 0.972 bits per heavy atom. The first-order valence-corrected chi connectivity index (χ1v) is 28.8. The van der Waals surface area contributed by atoms with Gasteiger partial charge in [0.1, 0.15) is 0 Å². The molecule has 0 aromatic carbocycles. The van der Waals surface area contributed by atoms with Crippen molar-refractivity contribution in [3.8, 4) is 0 Å². The van der Waals surface area contributed by atoms with Gasteiger partial charge in [-0.25, -0.2) is 0 Å². The van der Waals surface area contributed by atoms with Gasteiger partial charge in [0, 0.05) is 74.2 Å². The molecular weight excluding hydrogens is 881 g/mol. The molecule has 0 spiro atoms. The normalized spacial score (nSPS) is 14.6. The van der Waals surface area contributed by atoms with Gasteiger partial charge in [-0.1, -0.05) is 199 Å². The summed E-state index contributed by atoms with van der Waals surface area (Å²) in [6, 6.07) is 0. The van der Waals surface area contributed by atoms with E-state index < -0.39 is 0 Å². The van der Waals surface area contributed by atoms with Crippen LogP contribution < -0.4 is 0 Å². The molecule has 2 rings (SSSR count). The van der Waals surface area contributed by atoms with E-state index in [-0.39, 0.29) is 0 Å². The Labute approximate surface area is 450 Å². The zero-order chi connectivity index (χ0) is 57.1. The molecule has 0 aromatic rings. The molecule has 7 nitrogen and oxygen atoms in total. The van der Waals surface area contributed by atoms with Crippen LogP contribution in [-0.4, -0.2) is 92.5 Å². The molecule has 0 radical (unpaired) electrons. The monoisotopic (exact) mass is 1020 g/mol. The second-order valence-electron chi connectivity index (χ2n) is 30.1. The van der Waals surface area contributed by atoms with E-state index in [1.54, 1.807) is 21.3 Å². The third-order valence-corrected chi connectivity index (χ3v) is 11.1. The van der Waals surface area contributed by atoms with Gasteiger partial charge in [-0.3, -0.25) is 0 Å². The third kappa shape index (κ3) is 107. The first-order chi connectivity index (χ1) is 32.0. The van der Waals surface area contributed by atoms with Gasteiger partial charge in [-0.2, -0.15) is 0 Å². The molecule has 1 N–H and O–H groups in total. The molecule has 438 valence electrons. The summed E-state index contributed by atoms with van der Waals surface area (Å²) in [6.07, 6.45) is 19.3. The lowest BCUT2D eigenvalue weighted by Crippen LogP contribution is -2.20. The minimum absolute atomic E-state index is 0.300. The smallest absolute Gasteiger partial charge is 0.0700 e. The molecule has 0 bridgehead atoms. The number of hydrogen-bond acceptors (Lipinski definition) is 7. The van der Waals surface area contributed by atoms with Crippen molar-refractivity contribution in [1.82, 2.24) is 0 Å². The molecule has 1 aliphatic carbocycles. The topological polar surface area (TPSA) is 75.6 Å². The molecule has 0 unspecified atom stereocenters. The predicted molar refractivity (Wildman–Crippen MR) is 318 cm³/mol. The summed E-state index contributed by atoms with van der Waals surface area (Å²) in [5.74, 6) is 2.04. The van der Waals surface area contributed by atoms with Gasteiger partial charge < -0.3 is 33.5 Å². The standard InChI is InChI=1S/C10H20O.C9H20O2.C9H18.C8H18O.C8H18.2C7H16O.C6H14O/c1-10(2,3)8-9-4-6-11-7-5-9;1-9(2,3)5-6-11-8-7-10-4;1-9(2,3)7-6-8-4-5-8;1-5-9-7-6-8(2,3)4;1-5-6-7-8(2,3)4;2*1-7(2,3)5-6-8-4;1-6(2,3)4-5-7/h9H,4-8H2,1-3H3;5-8H2,1-4H3;8H,4-7H2,1-3H3;5-7H2,1-4H3;5-7H2,1-4H3;2*5-6H2,1-4H3;7H,4-5H2,1-3H3. The Bertz CT molecular complexity index is 994. The van der Waals surface area contributed by atoms with E-state index >= 15 is 0 Å². The maximum absolute atomic E-state index is 8.40. The van der Waals surface area contributed by atoms with Crippen LogP contribution in [0.5, 0.6) is 0 Å². The fraction of sp³-hybridized carbons (Fsp3) is 1.00.